The second kappa shape index (κ2) is 8.39. The third-order valence-electron chi connectivity index (χ3n) is 3.58. The first-order chi connectivity index (χ1) is 11.1. The highest BCUT2D eigenvalue weighted by Gasteiger charge is 2.16. The number of methoxy groups -OCH3 is 1. The van der Waals surface area contributed by atoms with Gasteiger partial charge < -0.3 is 19.4 Å². The molecule has 1 N–H and O–H groups in total. The number of furan rings is 1. The topological polar surface area (TPSA) is 54.7 Å². The summed E-state index contributed by atoms with van der Waals surface area (Å²) >= 11 is 0. The highest BCUT2D eigenvalue weighted by molar-refractivity contribution is 5.89. The Bertz CT molecular complexity index is 637. The van der Waals surface area contributed by atoms with Crippen LogP contribution in [-0.2, 0) is 17.7 Å². The molecule has 1 heterocycles. The van der Waals surface area contributed by atoms with Gasteiger partial charge in [-0.15, -0.1) is 0 Å². The summed E-state index contributed by atoms with van der Waals surface area (Å²) in [5, 5.41) is 2.94. The van der Waals surface area contributed by atoms with Gasteiger partial charge in [-0.3, -0.25) is 0 Å². The quantitative estimate of drug-likeness (QED) is 0.844. The fourth-order valence-corrected chi connectivity index (χ4v) is 2.28. The average molecular weight is 316 g/mol. The van der Waals surface area contributed by atoms with Gasteiger partial charge in [-0.1, -0.05) is 19.1 Å². The Kier molecular flexibility index (Phi) is 6.23. The van der Waals surface area contributed by atoms with E-state index in [-0.39, 0.29) is 6.03 Å². The summed E-state index contributed by atoms with van der Waals surface area (Å²) < 4.78 is 10.7. The van der Waals surface area contributed by atoms with Gasteiger partial charge in [0.1, 0.15) is 11.5 Å². The molecular formula is C18H24N2O3. The van der Waals surface area contributed by atoms with Crippen molar-refractivity contribution in [2.24, 2.45) is 0 Å². The van der Waals surface area contributed by atoms with Crippen LogP contribution in [0.25, 0.3) is 0 Å². The Morgan fingerprint density at radius 2 is 2.13 bits per heavy atom. The maximum atomic E-state index is 12.5. The number of anilines is 1. The number of hydrogen-bond donors (Lipinski definition) is 1. The molecule has 0 aliphatic heterocycles. The standard InChI is InChI=1S/C18H24N2O3/c1-4-15-6-5-7-16(12-15)19-18(21)20(10-11-22-3)13-17-9-8-14(2)23-17/h5-9,12H,4,10-11,13H2,1-3H3,(H,19,21). The van der Waals surface area contributed by atoms with E-state index >= 15 is 0 Å². The number of nitrogens with one attached hydrogen (secondary N) is 1. The molecule has 5 heteroatoms. The predicted octanol–water partition coefficient (Wildman–Crippen LogP) is 3.83. The lowest BCUT2D eigenvalue weighted by Crippen LogP contribution is -2.36. The summed E-state index contributed by atoms with van der Waals surface area (Å²) in [5.41, 5.74) is 1.99. The van der Waals surface area contributed by atoms with Gasteiger partial charge in [-0.05, 0) is 43.2 Å². The van der Waals surface area contributed by atoms with Gasteiger partial charge in [-0.25, -0.2) is 4.79 Å². The second-order valence-electron chi connectivity index (χ2n) is 5.41. The highest BCUT2D eigenvalue weighted by Crippen LogP contribution is 2.14. The number of carbonyl (C=O) groups is 1. The van der Waals surface area contributed by atoms with Gasteiger partial charge in [0, 0.05) is 19.3 Å². The SMILES string of the molecule is CCc1cccc(NC(=O)N(CCOC)Cc2ccc(C)o2)c1. The monoisotopic (exact) mass is 316 g/mol. The number of ether oxygens (including phenoxy) is 1. The summed E-state index contributed by atoms with van der Waals surface area (Å²) in [6, 6.07) is 11.5. The number of amides is 2. The Labute approximate surface area is 137 Å². The zero-order chi connectivity index (χ0) is 16.7. The van der Waals surface area contributed by atoms with Crippen molar-refractivity contribution >= 4 is 11.7 Å². The molecule has 0 unspecified atom stereocenters. The summed E-state index contributed by atoms with van der Waals surface area (Å²) in [7, 11) is 1.62. The highest BCUT2D eigenvalue weighted by atomic mass is 16.5. The van der Waals surface area contributed by atoms with Crippen LogP contribution < -0.4 is 5.32 Å². The largest absolute Gasteiger partial charge is 0.464 e. The normalized spacial score (nSPS) is 10.6. The number of aryl methyl sites for hydroxylation is 2. The molecular weight excluding hydrogens is 292 g/mol. The van der Waals surface area contributed by atoms with Crippen LogP contribution in [0.15, 0.2) is 40.8 Å². The number of benzene rings is 1. The first-order valence-corrected chi connectivity index (χ1v) is 7.81. The van der Waals surface area contributed by atoms with Crippen molar-refractivity contribution in [2.45, 2.75) is 26.8 Å². The summed E-state index contributed by atoms with van der Waals surface area (Å²) in [5.74, 6) is 1.60. The average Bonchev–Trinajstić information content (AvgIpc) is 2.96. The van der Waals surface area contributed by atoms with Crippen molar-refractivity contribution in [1.29, 1.82) is 0 Å². The van der Waals surface area contributed by atoms with E-state index in [2.05, 4.69) is 12.2 Å². The van der Waals surface area contributed by atoms with Crippen molar-refractivity contribution < 1.29 is 13.9 Å². The van der Waals surface area contributed by atoms with Gasteiger partial charge in [0.15, 0.2) is 0 Å². The summed E-state index contributed by atoms with van der Waals surface area (Å²) in [4.78, 5) is 14.2. The maximum absolute atomic E-state index is 12.5. The lowest BCUT2D eigenvalue weighted by atomic mass is 10.1. The van der Waals surface area contributed by atoms with Gasteiger partial charge in [0.05, 0.1) is 13.2 Å². The molecule has 0 spiro atoms. The Balaban J connectivity index is 2.05. The van der Waals surface area contributed by atoms with Gasteiger partial charge >= 0.3 is 6.03 Å². The molecule has 124 valence electrons. The minimum atomic E-state index is -0.163. The van der Waals surface area contributed by atoms with Crippen LogP contribution in [0, 0.1) is 6.92 Å². The summed E-state index contributed by atoms with van der Waals surface area (Å²) in [6.45, 7) is 5.36. The fourth-order valence-electron chi connectivity index (χ4n) is 2.28. The van der Waals surface area contributed by atoms with E-state index < -0.39 is 0 Å². The Morgan fingerprint density at radius 3 is 2.78 bits per heavy atom. The Hall–Kier alpha value is -2.27. The second-order valence-corrected chi connectivity index (χ2v) is 5.41. The van der Waals surface area contributed by atoms with Crippen molar-refractivity contribution in [2.75, 3.05) is 25.6 Å². The lowest BCUT2D eigenvalue weighted by molar-refractivity contribution is 0.149. The number of hydrogen-bond acceptors (Lipinski definition) is 3. The zero-order valence-corrected chi connectivity index (χ0v) is 14.0. The van der Waals surface area contributed by atoms with Crippen molar-refractivity contribution in [1.82, 2.24) is 4.90 Å². The molecule has 0 aliphatic carbocycles. The summed E-state index contributed by atoms with van der Waals surface area (Å²) in [6.07, 6.45) is 0.933. The van der Waals surface area contributed by atoms with E-state index in [1.54, 1.807) is 12.0 Å². The van der Waals surface area contributed by atoms with Crippen LogP contribution in [0.1, 0.15) is 24.0 Å². The van der Waals surface area contributed by atoms with Crippen molar-refractivity contribution in [3.63, 3.8) is 0 Å². The maximum Gasteiger partial charge on any atom is 0.322 e. The van der Waals surface area contributed by atoms with E-state index in [1.807, 2.05) is 43.3 Å². The zero-order valence-electron chi connectivity index (χ0n) is 14.0. The first kappa shape index (κ1) is 17.1. The van der Waals surface area contributed by atoms with E-state index in [0.717, 1.165) is 23.6 Å². The van der Waals surface area contributed by atoms with Gasteiger partial charge in [0.2, 0.25) is 0 Å². The molecule has 0 bridgehead atoms. The molecule has 0 saturated carbocycles. The van der Waals surface area contributed by atoms with Crippen LogP contribution in [0.3, 0.4) is 0 Å². The van der Waals surface area contributed by atoms with Crippen LogP contribution in [-0.4, -0.2) is 31.2 Å². The first-order valence-electron chi connectivity index (χ1n) is 7.81. The molecule has 5 nitrogen and oxygen atoms in total. The lowest BCUT2D eigenvalue weighted by Gasteiger charge is -2.22. The third kappa shape index (κ3) is 5.14. The molecule has 1 aromatic heterocycles. The van der Waals surface area contributed by atoms with E-state index in [9.17, 15) is 4.79 Å². The van der Waals surface area contributed by atoms with Crippen molar-refractivity contribution in [3.05, 3.63) is 53.5 Å². The molecule has 2 amide bonds. The van der Waals surface area contributed by atoms with E-state index in [1.165, 1.54) is 5.56 Å². The number of urea groups is 1. The van der Waals surface area contributed by atoms with Crippen LogP contribution in [0.4, 0.5) is 10.5 Å². The van der Waals surface area contributed by atoms with Gasteiger partial charge in [-0.2, -0.15) is 0 Å². The van der Waals surface area contributed by atoms with E-state index in [0.29, 0.717) is 19.7 Å². The third-order valence-corrected chi connectivity index (χ3v) is 3.58. The fraction of sp³-hybridized carbons (Fsp3) is 0.389. The molecule has 2 rings (SSSR count). The number of nitrogens with zero attached hydrogens (tertiary/aromatic N) is 1. The number of rotatable bonds is 7. The van der Waals surface area contributed by atoms with Crippen LogP contribution in [0.2, 0.25) is 0 Å². The molecule has 0 atom stereocenters. The molecule has 0 aliphatic rings. The predicted molar refractivity (Wildman–Crippen MR) is 90.6 cm³/mol. The van der Waals surface area contributed by atoms with Crippen LogP contribution >= 0.6 is 0 Å². The minimum absolute atomic E-state index is 0.163. The van der Waals surface area contributed by atoms with E-state index in [4.69, 9.17) is 9.15 Å². The van der Waals surface area contributed by atoms with Crippen molar-refractivity contribution in [3.8, 4) is 0 Å². The smallest absolute Gasteiger partial charge is 0.322 e. The molecule has 0 radical (unpaired) electrons. The minimum Gasteiger partial charge on any atom is -0.464 e. The molecule has 0 fully saturated rings. The Morgan fingerprint density at radius 1 is 1.30 bits per heavy atom. The molecule has 23 heavy (non-hydrogen) atoms. The van der Waals surface area contributed by atoms with Crippen LogP contribution in [0.5, 0.6) is 0 Å². The molecule has 0 saturated heterocycles. The van der Waals surface area contributed by atoms with Gasteiger partial charge in [0.25, 0.3) is 0 Å². The molecule has 2 aromatic rings. The number of carbonyl (C=O) groups excluding carboxylic acids is 1. The molecule has 1 aromatic carbocycles.